The fourth-order valence-corrected chi connectivity index (χ4v) is 5.28. The Morgan fingerprint density at radius 1 is 1.12 bits per heavy atom. The third-order valence-corrected chi connectivity index (χ3v) is 6.64. The van der Waals surface area contributed by atoms with Crippen molar-refractivity contribution in [1.82, 2.24) is 0 Å². The van der Waals surface area contributed by atoms with Gasteiger partial charge < -0.3 is 4.74 Å². The second-order valence-electron chi connectivity index (χ2n) is 7.44. The first-order chi connectivity index (χ1) is 11.4. The molecule has 4 aliphatic carbocycles. The summed E-state index contributed by atoms with van der Waals surface area (Å²) in [5, 5.41) is 6.79. The van der Waals surface area contributed by atoms with Gasteiger partial charge in [-0.25, -0.2) is 10.1 Å². The van der Waals surface area contributed by atoms with Gasteiger partial charge in [-0.1, -0.05) is 5.04 Å². The first kappa shape index (κ1) is 19.1. The van der Waals surface area contributed by atoms with Crippen LogP contribution in [-0.2, 0) is 18.9 Å². The van der Waals surface area contributed by atoms with Crippen LogP contribution in [0.2, 0.25) is 0 Å². The summed E-state index contributed by atoms with van der Waals surface area (Å²) in [4.78, 5) is 11.8. The van der Waals surface area contributed by atoms with Crippen LogP contribution in [0.15, 0.2) is 0 Å². The lowest BCUT2D eigenvalue weighted by molar-refractivity contribution is -0.433. The highest BCUT2D eigenvalue weighted by Crippen LogP contribution is 2.68. The van der Waals surface area contributed by atoms with Crippen LogP contribution in [0.5, 0.6) is 0 Å². The van der Waals surface area contributed by atoms with Crippen molar-refractivity contribution in [3.05, 3.63) is 0 Å². The highest BCUT2D eigenvalue weighted by molar-refractivity contribution is 7.96. The lowest BCUT2D eigenvalue weighted by Gasteiger charge is -2.63. The molecule has 11 heteroatoms. The first-order valence-corrected chi connectivity index (χ1v) is 8.51. The number of rotatable bonds is 5. The molecule has 0 aliphatic heterocycles. The Morgan fingerprint density at radius 2 is 1.68 bits per heavy atom. The molecule has 5 nitrogen and oxygen atoms in total. The minimum Gasteiger partial charge on any atom is -0.454 e. The second kappa shape index (κ2) is 5.93. The lowest BCUT2D eigenvalue weighted by Crippen LogP contribution is -2.64. The Kier molecular flexibility index (Phi) is 4.54. The average molecular weight is 392 g/mol. The first-order valence-electron chi connectivity index (χ1n) is 7.77. The Hall–Kier alpha value is -0.650. The van der Waals surface area contributed by atoms with Crippen LogP contribution < -0.4 is 0 Å². The summed E-state index contributed by atoms with van der Waals surface area (Å²) in [7, 11) is 0. The zero-order valence-electron chi connectivity index (χ0n) is 13.1. The van der Waals surface area contributed by atoms with Gasteiger partial charge >= 0.3 is 17.4 Å². The fourth-order valence-electron chi connectivity index (χ4n) is 5.05. The lowest BCUT2D eigenvalue weighted by atomic mass is 9.44. The van der Waals surface area contributed by atoms with Crippen LogP contribution in [0.1, 0.15) is 39.0 Å². The van der Waals surface area contributed by atoms with Crippen molar-refractivity contribution < 1.29 is 46.1 Å². The molecule has 2 unspecified atom stereocenters. The molecule has 4 saturated carbocycles. The van der Waals surface area contributed by atoms with E-state index in [-0.39, 0.29) is 25.2 Å². The van der Waals surface area contributed by atoms with Crippen molar-refractivity contribution >= 4 is 18.0 Å². The third-order valence-electron chi connectivity index (χ3n) is 6.13. The molecule has 0 radical (unpaired) electrons. The topological polar surface area (TPSA) is 65.0 Å². The molecule has 0 aromatic carbocycles. The standard InChI is InChI=1S/C14H17F5O5S/c1-11(22-10(20)13(15,16)25-24-23-21)8-2-7-3-9(11)6-12(4-7,5-8)14(17,18)19/h7-9,21H,2-6H2,1H3. The summed E-state index contributed by atoms with van der Waals surface area (Å²) in [5.74, 6) is -3.31. The Morgan fingerprint density at radius 3 is 2.16 bits per heavy atom. The number of alkyl halides is 5. The Balaban J connectivity index is 1.79. The van der Waals surface area contributed by atoms with Crippen molar-refractivity contribution in [3.63, 3.8) is 0 Å². The van der Waals surface area contributed by atoms with E-state index in [1.54, 1.807) is 0 Å². The van der Waals surface area contributed by atoms with Crippen LogP contribution in [0.4, 0.5) is 22.0 Å². The predicted molar refractivity (Wildman–Crippen MR) is 73.9 cm³/mol. The largest absolute Gasteiger partial charge is 0.454 e. The van der Waals surface area contributed by atoms with Gasteiger partial charge in [0.25, 0.3) is 0 Å². The van der Waals surface area contributed by atoms with E-state index in [1.807, 2.05) is 0 Å². The molecule has 4 rings (SSSR count). The van der Waals surface area contributed by atoms with E-state index in [1.165, 1.54) is 6.92 Å². The van der Waals surface area contributed by atoms with Gasteiger partial charge in [-0.3, -0.25) is 0 Å². The predicted octanol–water partition coefficient (Wildman–Crippen LogP) is 4.34. The van der Waals surface area contributed by atoms with Crippen molar-refractivity contribution in [1.29, 1.82) is 0 Å². The number of carbonyl (C=O) groups excluding carboxylic acids is 1. The molecule has 4 bridgehead atoms. The van der Waals surface area contributed by atoms with E-state index < -0.39 is 52.3 Å². The normalized spacial score (nSPS) is 40.4. The molecule has 25 heavy (non-hydrogen) atoms. The molecule has 0 saturated heterocycles. The molecule has 144 valence electrons. The van der Waals surface area contributed by atoms with Gasteiger partial charge in [-0.15, -0.1) is 4.33 Å². The fraction of sp³-hybridized carbons (Fsp3) is 0.929. The van der Waals surface area contributed by atoms with E-state index in [4.69, 9.17) is 9.99 Å². The number of ether oxygens (including phenoxy) is 1. The Labute approximate surface area is 144 Å². The molecule has 4 fully saturated rings. The van der Waals surface area contributed by atoms with Gasteiger partial charge in [-0.05, 0) is 56.8 Å². The molecular weight excluding hydrogens is 375 g/mol. The van der Waals surface area contributed by atoms with Gasteiger partial charge in [-0.2, -0.15) is 22.0 Å². The zero-order valence-corrected chi connectivity index (χ0v) is 14.0. The van der Waals surface area contributed by atoms with Crippen LogP contribution in [0, 0.1) is 23.2 Å². The zero-order chi connectivity index (χ0) is 18.7. The maximum absolute atomic E-state index is 13.6. The highest BCUT2D eigenvalue weighted by Gasteiger charge is 2.70. The van der Waals surface area contributed by atoms with Crippen LogP contribution >= 0.6 is 12.0 Å². The summed E-state index contributed by atoms with van der Waals surface area (Å²) in [6.45, 7) is 1.44. The van der Waals surface area contributed by atoms with E-state index in [0.717, 1.165) is 0 Å². The van der Waals surface area contributed by atoms with Crippen LogP contribution in [-0.4, -0.2) is 28.3 Å². The average Bonchev–Trinajstić information content (AvgIpc) is 2.49. The van der Waals surface area contributed by atoms with Gasteiger partial charge in [0.2, 0.25) is 0 Å². The van der Waals surface area contributed by atoms with Crippen molar-refractivity contribution in [2.24, 2.45) is 23.2 Å². The summed E-state index contributed by atoms with van der Waals surface area (Å²) in [6.07, 6.45) is -3.90. The monoisotopic (exact) mass is 392 g/mol. The van der Waals surface area contributed by atoms with Gasteiger partial charge in [0.05, 0.1) is 5.41 Å². The molecule has 0 spiro atoms. The molecular formula is C14H17F5O5S. The van der Waals surface area contributed by atoms with Crippen molar-refractivity contribution in [2.75, 3.05) is 0 Å². The SMILES string of the molecule is CC1(OC(=O)C(F)(F)SOOO)C2CC3CC1CC(C(F)(F)F)(C3)C2. The van der Waals surface area contributed by atoms with Gasteiger partial charge in [0.1, 0.15) is 17.6 Å². The molecule has 4 aliphatic rings. The third kappa shape index (κ3) is 3.02. The highest BCUT2D eigenvalue weighted by atomic mass is 32.2. The molecule has 0 heterocycles. The maximum atomic E-state index is 13.6. The Bertz CT molecular complexity index is 538. The van der Waals surface area contributed by atoms with Crippen LogP contribution in [0.3, 0.4) is 0 Å². The number of hydrogen-bond acceptors (Lipinski definition) is 6. The van der Waals surface area contributed by atoms with E-state index in [9.17, 15) is 26.7 Å². The molecule has 2 atom stereocenters. The minimum absolute atomic E-state index is 0.0568. The van der Waals surface area contributed by atoms with Gasteiger partial charge in [0, 0.05) is 0 Å². The number of esters is 1. The van der Waals surface area contributed by atoms with E-state index >= 15 is 0 Å². The number of halogens is 5. The molecule has 0 amide bonds. The smallest absolute Gasteiger partial charge is 0.415 e. The van der Waals surface area contributed by atoms with Crippen molar-refractivity contribution in [3.8, 4) is 0 Å². The summed E-state index contributed by atoms with van der Waals surface area (Å²) in [6, 6.07) is 0. The minimum atomic E-state index is -4.36. The second-order valence-corrected chi connectivity index (χ2v) is 8.25. The summed E-state index contributed by atoms with van der Waals surface area (Å²) < 4.78 is 76.6. The quantitative estimate of drug-likeness (QED) is 0.247. The number of hydrogen-bond donors (Lipinski definition) is 1. The van der Waals surface area contributed by atoms with E-state index in [0.29, 0.717) is 12.8 Å². The number of carbonyl (C=O) groups is 1. The van der Waals surface area contributed by atoms with Gasteiger partial charge in [0.15, 0.2) is 0 Å². The molecule has 1 N–H and O–H groups in total. The summed E-state index contributed by atoms with van der Waals surface area (Å²) >= 11 is -0.745. The summed E-state index contributed by atoms with van der Waals surface area (Å²) in [5.41, 5.74) is -3.19. The van der Waals surface area contributed by atoms with Crippen LogP contribution in [0.25, 0.3) is 0 Å². The molecule has 0 aromatic heterocycles. The van der Waals surface area contributed by atoms with Crippen molar-refractivity contribution in [2.45, 2.75) is 56.1 Å². The molecule has 0 aromatic rings. The maximum Gasteiger partial charge on any atom is 0.415 e. The van der Waals surface area contributed by atoms with E-state index in [2.05, 4.69) is 9.37 Å².